The molecule has 0 fully saturated rings. The van der Waals surface area contributed by atoms with Crippen molar-refractivity contribution in [2.75, 3.05) is 10.2 Å². The lowest BCUT2D eigenvalue weighted by atomic mass is 10.1. The summed E-state index contributed by atoms with van der Waals surface area (Å²) in [6, 6.07) is 16.7. The predicted octanol–water partition coefficient (Wildman–Crippen LogP) is 5.03. The summed E-state index contributed by atoms with van der Waals surface area (Å²) in [4.78, 5) is 19.0. The van der Waals surface area contributed by atoms with Crippen molar-refractivity contribution in [1.82, 2.24) is 4.98 Å². The third-order valence-electron chi connectivity index (χ3n) is 4.30. The van der Waals surface area contributed by atoms with Gasteiger partial charge in [0, 0.05) is 36.1 Å². The molecule has 0 saturated heterocycles. The number of nitrogens with zero attached hydrogens (tertiary/aromatic N) is 2. The zero-order valence-corrected chi connectivity index (χ0v) is 15.7. The fraction of sp³-hybridized carbons (Fsp3) is 0.182. The summed E-state index contributed by atoms with van der Waals surface area (Å²) in [5.74, 6) is -1.73. The van der Waals surface area contributed by atoms with E-state index < -0.39 is 17.5 Å². The van der Waals surface area contributed by atoms with Crippen molar-refractivity contribution in [2.45, 2.75) is 26.4 Å². The SMILES string of the molecule is CC(C)N(Cc1ccccc1)c1cc(C(=O)Nc2ccc(F)c(F)c2)ccn1. The maximum atomic E-state index is 13.4. The molecule has 28 heavy (non-hydrogen) atoms. The molecule has 144 valence electrons. The monoisotopic (exact) mass is 381 g/mol. The van der Waals surface area contributed by atoms with E-state index in [9.17, 15) is 13.6 Å². The van der Waals surface area contributed by atoms with Gasteiger partial charge in [-0.2, -0.15) is 0 Å². The minimum absolute atomic E-state index is 0.164. The van der Waals surface area contributed by atoms with Crippen LogP contribution in [0.1, 0.15) is 29.8 Å². The molecule has 2 aromatic carbocycles. The molecule has 6 heteroatoms. The van der Waals surface area contributed by atoms with Gasteiger partial charge in [0.25, 0.3) is 5.91 Å². The average Bonchev–Trinajstić information content (AvgIpc) is 2.69. The van der Waals surface area contributed by atoms with Gasteiger partial charge < -0.3 is 10.2 Å². The van der Waals surface area contributed by atoms with Crippen molar-refractivity contribution in [2.24, 2.45) is 0 Å². The summed E-state index contributed by atoms with van der Waals surface area (Å²) < 4.78 is 26.4. The number of carbonyl (C=O) groups is 1. The number of hydrogen-bond acceptors (Lipinski definition) is 3. The topological polar surface area (TPSA) is 45.2 Å². The summed E-state index contributed by atoms with van der Waals surface area (Å²) in [5, 5.41) is 2.58. The summed E-state index contributed by atoms with van der Waals surface area (Å²) in [7, 11) is 0. The van der Waals surface area contributed by atoms with Crippen LogP contribution in [-0.2, 0) is 6.54 Å². The van der Waals surface area contributed by atoms with Gasteiger partial charge in [0.2, 0.25) is 0 Å². The number of aromatic nitrogens is 1. The predicted molar refractivity (Wildman–Crippen MR) is 106 cm³/mol. The van der Waals surface area contributed by atoms with E-state index in [2.05, 4.69) is 29.0 Å². The van der Waals surface area contributed by atoms with Crippen molar-refractivity contribution in [3.8, 4) is 0 Å². The second-order valence-electron chi connectivity index (χ2n) is 6.69. The standard InChI is InChI=1S/C22H21F2N3O/c1-15(2)27(14-16-6-4-3-5-7-16)21-12-17(10-11-25-21)22(28)26-18-8-9-19(23)20(24)13-18/h3-13,15H,14H2,1-2H3,(H,26,28). The van der Waals surface area contributed by atoms with E-state index in [1.807, 2.05) is 30.3 Å². The third kappa shape index (κ3) is 4.71. The van der Waals surface area contributed by atoms with Crippen molar-refractivity contribution >= 4 is 17.4 Å². The van der Waals surface area contributed by atoms with Crippen LogP contribution in [-0.4, -0.2) is 16.9 Å². The Morgan fingerprint density at radius 1 is 1.04 bits per heavy atom. The van der Waals surface area contributed by atoms with E-state index in [-0.39, 0.29) is 11.7 Å². The Bertz CT molecular complexity index is 961. The molecule has 1 aromatic heterocycles. The number of anilines is 2. The first-order chi connectivity index (χ1) is 13.4. The zero-order valence-electron chi connectivity index (χ0n) is 15.7. The fourth-order valence-electron chi connectivity index (χ4n) is 2.80. The van der Waals surface area contributed by atoms with Crippen LogP contribution < -0.4 is 10.2 Å². The van der Waals surface area contributed by atoms with Crippen molar-refractivity contribution in [1.29, 1.82) is 0 Å². The molecule has 1 heterocycles. The minimum Gasteiger partial charge on any atom is -0.350 e. The smallest absolute Gasteiger partial charge is 0.255 e. The van der Waals surface area contributed by atoms with E-state index in [4.69, 9.17) is 0 Å². The Hall–Kier alpha value is -3.28. The molecule has 0 unspecified atom stereocenters. The van der Waals surface area contributed by atoms with Gasteiger partial charge in [-0.25, -0.2) is 13.8 Å². The average molecular weight is 381 g/mol. The van der Waals surface area contributed by atoms with Gasteiger partial charge in [0.05, 0.1) is 0 Å². The Kier molecular flexibility index (Phi) is 5.99. The number of benzene rings is 2. The van der Waals surface area contributed by atoms with Crippen LogP contribution in [0.3, 0.4) is 0 Å². The molecule has 1 N–H and O–H groups in total. The normalized spacial score (nSPS) is 10.8. The summed E-state index contributed by atoms with van der Waals surface area (Å²) in [6.45, 7) is 4.76. The van der Waals surface area contributed by atoms with E-state index in [0.717, 1.165) is 17.7 Å². The van der Waals surface area contributed by atoms with E-state index >= 15 is 0 Å². The first-order valence-corrected chi connectivity index (χ1v) is 8.97. The van der Waals surface area contributed by atoms with Crippen LogP contribution in [0, 0.1) is 11.6 Å². The Labute approximate surface area is 162 Å². The number of rotatable bonds is 6. The quantitative estimate of drug-likeness (QED) is 0.652. The van der Waals surface area contributed by atoms with Crippen LogP contribution >= 0.6 is 0 Å². The molecular formula is C22H21F2N3O. The lowest BCUT2D eigenvalue weighted by Gasteiger charge is -2.28. The Morgan fingerprint density at radius 3 is 2.46 bits per heavy atom. The van der Waals surface area contributed by atoms with Crippen LogP contribution in [0.2, 0.25) is 0 Å². The minimum atomic E-state index is -1.01. The Morgan fingerprint density at radius 2 is 1.79 bits per heavy atom. The third-order valence-corrected chi connectivity index (χ3v) is 4.30. The van der Waals surface area contributed by atoms with Crippen LogP contribution in [0.4, 0.5) is 20.3 Å². The molecule has 0 bridgehead atoms. The summed E-state index contributed by atoms with van der Waals surface area (Å²) in [5.41, 5.74) is 1.70. The zero-order chi connectivity index (χ0) is 20.1. The molecule has 3 rings (SSSR count). The largest absolute Gasteiger partial charge is 0.350 e. The molecule has 0 aliphatic heterocycles. The molecule has 0 atom stereocenters. The van der Waals surface area contributed by atoms with Gasteiger partial charge in [-0.1, -0.05) is 30.3 Å². The second-order valence-corrected chi connectivity index (χ2v) is 6.69. The van der Waals surface area contributed by atoms with Crippen molar-refractivity contribution in [3.63, 3.8) is 0 Å². The number of carbonyl (C=O) groups excluding carboxylic acids is 1. The van der Waals surface area contributed by atoms with Gasteiger partial charge in [-0.3, -0.25) is 4.79 Å². The summed E-state index contributed by atoms with van der Waals surface area (Å²) >= 11 is 0. The molecule has 1 amide bonds. The lowest BCUT2D eigenvalue weighted by Crippen LogP contribution is -2.31. The highest BCUT2D eigenvalue weighted by molar-refractivity contribution is 6.04. The lowest BCUT2D eigenvalue weighted by molar-refractivity contribution is 0.102. The fourth-order valence-corrected chi connectivity index (χ4v) is 2.80. The molecule has 0 saturated carbocycles. The number of pyridine rings is 1. The maximum absolute atomic E-state index is 13.4. The second kappa shape index (κ2) is 8.61. The number of halogens is 2. The van der Waals surface area contributed by atoms with Crippen molar-refractivity contribution < 1.29 is 13.6 Å². The van der Waals surface area contributed by atoms with Gasteiger partial charge in [-0.15, -0.1) is 0 Å². The molecule has 3 aromatic rings. The number of amides is 1. The Balaban J connectivity index is 1.81. The van der Waals surface area contributed by atoms with Gasteiger partial charge in [-0.05, 0) is 43.7 Å². The molecule has 4 nitrogen and oxygen atoms in total. The maximum Gasteiger partial charge on any atom is 0.255 e. The highest BCUT2D eigenvalue weighted by Gasteiger charge is 2.15. The van der Waals surface area contributed by atoms with E-state index in [1.54, 1.807) is 18.3 Å². The highest BCUT2D eigenvalue weighted by Crippen LogP contribution is 2.20. The number of nitrogens with one attached hydrogen (secondary N) is 1. The van der Waals surface area contributed by atoms with Gasteiger partial charge >= 0.3 is 0 Å². The molecule has 0 radical (unpaired) electrons. The van der Waals surface area contributed by atoms with Crippen LogP contribution in [0.25, 0.3) is 0 Å². The first kappa shape index (κ1) is 19.5. The van der Waals surface area contributed by atoms with E-state index in [0.29, 0.717) is 17.9 Å². The van der Waals surface area contributed by atoms with Crippen LogP contribution in [0.15, 0.2) is 66.9 Å². The molecule has 0 aliphatic rings. The van der Waals surface area contributed by atoms with Crippen LogP contribution in [0.5, 0.6) is 0 Å². The molecule has 0 spiro atoms. The van der Waals surface area contributed by atoms with Crippen molar-refractivity contribution in [3.05, 3.63) is 89.6 Å². The van der Waals surface area contributed by atoms with Gasteiger partial charge in [0.15, 0.2) is 11.6 Å². The number of hydrogen-bond donors (Lipinski definition) is 1. The summed E-state index contributed by atoms with van der Waals surface area (Å²) in [6.07, 6.45) is 1.57. The highest BCUT2D eigenvalue weighted by atomic mass is 19.2. The van der Waals surface area contributed by atoms with Gasteiger partial charge in [0.1, 0.15) is 5.82 Å². The molecule has 0 aliphatic carbocycles. The van der Waals surface area contributed by atoms with E-state index in [1.165, 1.54) is 6.07 Å². The first-order valence-electron chi connectivity index (χ1n) is 8.97. The molecular weight excluding hydrogens is 360 g/mol.